The maximum atomic E-state index is 12.8. The molecule has 2 fully saturated rings. The molecule has 6 rings (SSSR count). The molecular weight excluding hydrogens is 615 g/mol. The number of carbonyl (C=O) groups excluding carboxylic acids is 2. The fourth-order valence-electron chi connectivity index (χ4n) is 8.53. The van der Waals surface area contributed by atoms with Crippen LogP contribution < -0.4 is 40.2 Å². The Bertz CT molecular complexity index is 1570. The number of methoxy groups -OCH3 is 2. The summed E-state index contributed by atoms with van der Waals surface area (Å²) in [5.41, 5.74) is 13.1. The minimum absolute atomic E-state index is 0. The third-order valence-corrected chi connectivity index (χ3v) is 11.8. The van der Waals surface area contributed by atoms with Crippen molar-refractivity contribution in [2.45, 2.75) is 124 Å². The average Bonchev–Trinajstić information content (AvgIpc) is 3.74. The number of nitrogens with one attached hydrogen (secondary N) is 2. The van der Waals surface area contributed by atoms with Crippen molar-refractivity contribution < 1.29 is 59.2 Å². The summed E-state index contributed by atoms with van der Waals surface area (Å²) < 4.78 is 11.0. The molecule has 2 spiro atoms. The van der Waals surface area contributed by atoms with Crippen LogP contribution in [0.1, 0.15) is 101 Å². The number of aliphatic hydroxyl groups excluding tert-OH is 1. The van der Waals surface area contributed by atoms with Crippen molar-refractivity contribution in [1.29, 1.82) is 0 Å². The molecule has 4 unspecified atom stereocenters. The summed E-state index contributed by atoms with van der Waals surface area (Å²) >= 11 is 0. The van der Waals surface area contributed by atoms with E-state index in [1.54, 1.807) is 14.2 Å². The number of amides is 2. The van der Waals surface area contributed by atoms with Crippen LogP contribution in [-0.2, 0) is 19.1 Å². The standard InChI is InChI=1S/C20H27NO2.C19H25NO3.Na.H2O/c1-11-9-12(2)17(14(4)13(11)3)18-15(5)20(21-19(18)22)8-7-16(10-20)23-6;1-10-8-11(2)15(13(4)12(10)3)16-17(21)19(20-18(16)22)7-6-14(9-19)23-5;;/h9,16H,7-8,10H2,1-6H3,(H,21,22);8,14,21H,6-7,9H2,1-5H3,(H,20,22);;1H2/q;;+1;/p-1. The van der Waals surface area contributed by atoms with Crippen molar-refractivity contribution in [3.63, 3.8) is 0 Å². The van der Waals surface area contributed by atoms with E-state index in [4.69, 9.17) is 9.47 Å². The Hall–Kier alpha value is -2.46. The van der Waals surface area contributed by atoms with Gasteiger partial charge in [-0.1, -0.05) is 12.1 Å². The molecule has 0 bridgehead atoms. The minimum Gasteiger partial charge on any atom is -0.870 e. The van der Waals surface area contributed by atoms with Crippen LogP contribution in [0.5, 0.6) is 0 Å². The van der Waals surface area contributed by atoms with Gasteiger partial charge in [-0.25, -0.2) is 0 Å². The summed E-state index contributed by atoms with van der Waals surface area (Å²) in [6, 6.07) is 4.28. The molecule has 4 aliphatic rings. The zero-order valence-corrected chi connectivity index (χ0v) is 33.1. The predicted octanol–water partition coefficient (Wildman–Crippen LogP) is 3.85. The first-order valence-corrected chi connectivity index (χ1v) is 16.6. The molecule has 9 heteroatoms. The fraction of sp³-hybridized carbons (Fsp3) is 0.538. The second kappa shape index (κ2) is 14.8. The van der Waals surface area contributed by atoms with Crippen LogP contribution in [-0.4, -0.2) is 59.9 Å². The molecule has 4 N–H and O–H groups in total. The topological polar surface area (TPSA) is 127 Å². The van der Waals surface area contributed by atoms with Crippen LogP contribution in [0.25, 0.3) is 11.1 Å². The van der Waals surface area contributed by atoms with Crippen molar-refractivity contribution in [3.8, 4) is 0 Å². The Labute approximate surface area is 308 Å². The second-order valence-corrected chi connectivity index (χ2v) is 14.3. The van der Waals surface area contributed by atoms with Crippen LogP contribution in [0.15, 0.2) is 23.5 Å². The first-order chi connectivity index (χ1) is 21.6. The average molecular weight is 669 g/mol. The van der Waals surface area contributed by atoms with Gasteiger partial charge < -0.3 is 30.7 Å². The molecule has 2 heterocycles. The van der Waals surface area contributed by atoms with Gasteiger partial charge in [0.05, 0.1) is 23.3 Å². The van der Waals surface area contributed by atoms with Gasteiger partial charge in [-0.3, -0.25) is 9.59 Å². The van der Waals surface area contributed by atoms with Gasteiger partial charge in [0.1, 0.15) is 11.3 Å². The molecule has 256 valence electrons. The van der Waals surface area contributed by atoms with Gasteiger partial charge in [-0.05, 0) is 149 Å². The van der Waals surface area contributed by atoms with Crippen LogP contribution >= 0.6 is 0 Å². The number of aryl methyl sites for hydroxylation is 4. The van der Waals surface area contributed by atoms with Crippen molar-refractivity contribution in [3.05, 3.63) is 79.1 Å². The van der Waals surface area contributed by atoms with Gasteiger partial charge in [0.25, 0.3) is 11.8 Å². The third-order valence-electron chi connectivity index (χ3n) is 11.8. The van der Waals surface area contributed by atoms with Gasteiger partial charge in [-0.15, -0.1) is 0 Å². The van der Waals surface area contributed by atoms with E-state index in [-0.39, 0.29) is 70.4 Å². The smallest absolute Gasteiger partial charge is 0.870 e. The maximum Gasteiger partial charge on any atom is 1.00 e. The second-order valence-electron chi connectivity index (χ2n) is 14.3. The summed E-state index contributed by atoms with van der Waals surface area (Å²) in [6.45, 7) is 18.8. The number of rotatable bonds is 4. The number of hydrogen-bond donors (Lipinski definition) is 3. The molecule has 8 nitrogen and oxygen atoms in total. The zero-order valence-electron chi connectivity index (χ0n) is 31.1. The minimum atomic E-state index is -0.648. The monoisotopic (exact) mass is 668 g/mol. The predicted molar refractivity (Wildman–Crippen MR) is 186 cm³/mol. The molecule has 2 saturated carbocycles. The van der Waals surface area contributed by atoms with E-state index < -0.39 is 5.54 Å². The summed E-state index contributed by atoms with van der Waals surface area (Å²) in [6.07, 6.45) is 5.38. The molecule has 2 aliphatic carbocycles. The Kier molecular flexibility index (Phi) is 12.3. The van der Waals surface area contributed by atoms with E-state index in [9.17, 15) is 14.7 Å². The van der Waals surface area contributed by atoms with E-state index in [0.29, 0.717) is 12.0 Å². The number of aliphatic hydroxyl groups is 1. The van der Waals surface area contributed by atoms with Gasteiger partial charge >= 0.3 is 29.6 Å². The normalized spacial score (nSPS) is 26.1. The van der Waals surface area contributed by atoms with Crippen molar-refractivity contribution in [2.24, 2.45) is 0 Å². The fourth-order valence-corrected chi connectivity index (χ4v) is 8.53. The molecular formula is C39H53N2NaO6. The van der Waals surface area contributed by atoms with Crippen molar-refractivity contribution in [1.82, 2.24) is 10.6 Å². The number of ether oxygens (including phenoxy) is 2. The van der Waals surface area contributed by atoms with E-state index in [0.717, 1.165) is 59.9 Å². The quantitative estimate of drug-likeness (QED) is 0.425. The van der Waals surface area contributed by atoms with Crippen LogP contribution in [0, 0.1) is 55.4 Å². The number of carbonyl (C=O) groups is 2. The van der Waals surface area contributed by atoms with Gasteiger partial charge in [0.15, 0.2) is 0 Å². The summed E-state index contributed by atoms with van der Waals surface area (Å²) in [7, 11) is 3.44. The van der Waals surface area contributed by atoms with Crippen LogP contribution in [0.4, 0.5) is 0 Å². The molecule has 0 aromatic heterocycles. The Balaban J connectivity index is 0.000000250. The largest absolute Gasteiger partial charge is 1.00 e. The first-order valence-electron chi connectivity index (χ1n) is 16.6. The molecule has 2 amide bonds. The molecule has 2 aromatic rings. The van der Waals surface area contributed by atoms with Gasteiger partial charge in [-0.2, -0.15) is 0 Å². The van der Waals surface area contributed by atoms with Crippen molar-refractivity contribution in [2.75, 3.05) is 14.2 Å². The Morgan fingerprint density at radius 3 is 1.50 bits per heavy atom. The van der Waals surface area contributed by atoms with Crippen LogP contribution in [0.2, 0.25) is 0 Å². The number of benzene rings is 2. The van der Waals surface area contributed by atoms with Crippen LogP contribution in [0.3, 0.4) is 0 Å². The van der Waals surface area contributed by atoms with E-state index >= 15 is 0 Å². The summed E-state index contributed by atoms with van der Waals surface area (Å²) in [5, 5.41) is 17.3. The van der Waals surface area contributed by atoms with Gasteiger partial charge in [0, 0.05) is 32.6 Å². The third kappa shape index (κ3) is 6.57. The maximum absolute atomic E-state index is 12.8. The summed E-state index contributed by atoms with van der Waals surface area (Å²) in [5.74, 6) is 0.0962. The molecule has 48 heavy (non-hydrogen) atoms. The molecule has 0 saturated heterocycles. The Morgan fingerprint density at radius 2 is 1.04 bits per heavy atom. The zero-order chi connectivity index (χ0) is 33.9. The van der Waals surface area contributed by atoms with E-state index in [2.05, 4.69) is 71.2 Å². The van der Waals surface area contributed by atoms with E-state index in [1.165, 1.54) is 39.0 Å². The molecule has 4 atom stereocenters. The number of hydrogen-bond acceptors (Lipinski definition) is 6. The molecule has 2 aliphatic heterocycles. The summed E-state index contributed by atoms with van der Waals surface area (Å²) in [4.78, 5) is 25.5. The molecule has 0 radical (unpaired) electrons. The van der Waals surface area contributed by atoms with Crippen molar-refractivity contribution >= 4 is 23.0 Å². The van der Waals surface area contributed by atoms with Gasteiger partial charge in [0.2, 0.25) is 0 Å². The Morgan fingerprint density at radius 1 is 0.646 bits per heavy atom. The SMILES string of the molecule is COC1CCC2(C1)NC(=O)C(c1c(C)cc(C)c(C)c1C)=C2C.COC1CCC2(C1)NC(=O)C(c1c(C)cc(C)c(C)c1C)=C2O.[Na+].[OH-]. The van der Waals surface area contributed by atoms with E-state index in [1.807, 2.05) is 13.8 Å². The first kappa shape index (κ1) is 40.0. The molecule has 2 aromatic carbocycles.